The summed E-state index contributed by atoms with van der Waals surface area (Å²) >= 11 is 6.17. The van der Waals surface area contributed by atoms with Crippen molar-refractivity contribution in [1.82, 2.24) is 9.78 Å². The van der Waals surface area contributed by atoms with Crippen molar-refractivity contribution in [3.8, 4) is 0 Å². The van der Waals surface area contributed by atoms with Crippen molar-refractivity contribution < 1.29 is 4.79 Å². The predicted molar refractivity (Wildman–Crippen MR) is 75.0 cm³/mol. The summed E-state index contributed by atoms with van der Waals surface area (Å²) in [4.78, 5) is 12.3. The molecule has 1 aromatic rings. The van der Waals surface area contributed by atoms with Gasteiger partial charge in [-0.1, -0.05) is 38.3 Å². The van der Waals surface area contributed by atoms with E-state index in [0.717, 1.165) is 37.1 Å². The van der Waals surface area contributed by atoms with Gasteiger partial charge in [-0.25, -0.2) is 0 Å². The minimum absolute atomic E-state index is 0.163. The second-order valence-electron chi connectivity index (χ2n) is 4.86. The van der Waals surface area contributed by atoms with Crippen molar-refractivity contribution in [3.05, 3.63) is 16.4 Å². The first-order chi connectivity index (χ1) is 8.51. The van der Waals surface area contributed by atoms with Gasteiger partial charge in [0.2, 0.25) is 0 Å². The van der Waals surface area contributed by atoms with E-state index in [1.54, 1.807) is 4.68 Å². The third kappa shape index (κ3) is 3.58. The average Bonchev–Trinajstić information content (AvgIpc) is 2.57. The number of unbranched alkanes of at least 4 members (excludes halogenated alkanes) is 1. The zero-order chi connectivity index (χ0) is 13.7. The van der Waals surface area contributed by atoms with E-state index in [4.69, 9.17) is 11.6 Å². The molecule has 0 amide bonds. The lowest BCUT2D eigenvalue weighted by atomic mass is 9.92. The number of hydrogen-bond acceptors (Lipinski definition) is 2. The van der Waals surface area contributed by atoms with Gasteiger partial charge in [-0.15, -0.1) is 0 Å². The summed E-state index contributed by atoms with van der Waals surface area (Å²) in [6.07, 6.45) is 4.55. The zero-order valence-electron chi connectivity index (χ0n) is 11.8. The molecule has 18 heavy (non-hydrogen) atoms. The Bertz CT molecular complexity index is 412. The number of carbonyl (C=O) groups is 1. The van der Waals surface area contributed by atoms with E-state index in [0.29, 0.717) is 11.4 Å². The number of nitrogens with zero attached hydrogens (tertiary/aromatic N) is 2. The minimum Gasteiger partial charge on any atom is -0.299 e. The van der Waals surface area contributed by atoms with Gasteiger partial charge in [0.25, 0.3) is 0 Å². The van der Waals surface area contributed by atoms with Gasteiger partial charge < -0.3 is 0 Å². The Morgan fingerprint density at radius 1 is 1.44 bits per heavy atom. The summed E-state index contributed by atoms with van der Waals surface area (Å²) in [5.41, 5.74) is 1.64. The summed E-state index contributed by atoms with van der Waals surface area (Å²) in [7, 11) is 1.84. The number of ketones is 1. The van der Waals surface area contributed by atoms with Gasteiger partial charge in [0.1, 0.15) is 5.78 Å². The fraction of sp³-hybridized carbons (Fsp3) is 0.714. The lowest BCUT2D eigenvalue weighted by Gasteiger charge is -2.13. The van der Waals surface area contributed by atoms with Gasteiger partial charge in [-0.2, -0.15) is 5.10 Å². The summed E-state index contributed by atoms with van der Waals surface area (Å²) in [6.45, 7) is 6.09. The van der Waals surface area contributed by atoms with Gasteiger partial charge in [0.05, 0.1) is 22.8 Å². The van der Waals surface area contributed by atoms with Crippen molar-refractivity contribution in [2.75, 3.05) is 0 Å². The van der Waals surface area contributed by atoms with Gasteiger partial charge in [-0.05, 0) is 19.8 Å². The first kappa shape index (κ1) is 15.2. The molecule has 0 aliphatic heterocycles. The number of rotatable bonds is 7. The maximum atomic E-state index is 12.3. The largest absolute Gasteiger partial charge is 0.299 e. The van der Waals surface area contributed by atoms with E-state index < -0.39 is 0 Å². The smallest absolute Gasteiger partial charge is 0.141 e. The Hall–Kier alpha value is -0.830. The molecule has 0 saturated carbocycles. The normalized spacial score (nSPS) is 12.7. The van der Waals surface area contributed by atoms with Crippen LogP contribution in [0.15, 0.2) is 0 Å². The number of aromatic nitrogens is 2. The average molecular weight is 271 g/mol. The Kier molecular flexibility index (Phi) is 5.86. The molecule has 1 rings (SSSR count). The van der Waals surface area contributed by atoms with E-state index in [9.17, 15) is 4.79 Å². The van der Waals surface area contributed by atoms with Crippen LogP contribution in [0.3, 0.4) is 0 Å². The van der Waals surface area contributed by atoms with Crippen molar-refractivity contribution in [2.45, 2.75) is 52.9 Å². The van der Waals surface area contributed by atoms with Crippen molar-refractivity contribution in [2.24, 2.45) is 13.0 Å². The molecule has 1 atom stereocenters. The Balaban J connectivity index is 2.73. The Labute approximate surface area is 115 Å². The second kappa shape index (κ2) is 6.93. The lowest BCUT2D eigenvalue weighted by molar-refractivity contribution is -0.122. The third-order valence-electron chi connectivity index (χ3n) is 3.46. The molecule has 0 radical (unpaired) electrons. The third-order valence-corrected chi connectivity index (χ3v) is 3.95. The van der Waals surface area contributed by atoms with Crippen LogP contribution >= 0.6 is 11.6 Å². The Morgan fingerprint density at radius 2 is 2.11 bits per heavy atom. The number of aryl methyl sites for hydroxylation is 2. The molecule has 0 N–H and O–H groups in total. The molecule has 0 saturated heterocycles. The lowest BCUT2D eigenvalue weighted by Crippen LogP contribution is -2.18. The van der Waals surface area contributed by atoms with Crippen LogP contribution in [0.1, 0.15) is 50.9 Å². The number of carbonyl (C=O) groups excluding carboxylic acids is 1. The Morgan fingerprint density at radius 3 is 2.56 bits per heavy atom. The quantitative estimate of drug-likeness (QED) is 0.757. The van der Waals surface area contributed by atoms with Gasteiger partial charge >= 0.3 is 0 Å². The number of halogens is 1. The highest BCUT2D eigenvalue weighted by molar-refractivity contribution is 6.32. The van der Waals surface area contributed by atoms with E-state index in [-0.39, 0.29) is 11.7 Å². The van der Waals surface area contributed by atoms with E-state index in [1.807, 2.05) is 14.0 Å². The molecule has 1 unspecified atom stereocenters. The van der Waals surface area contributed by atoms with Crippen LogP contribution in [0.4, 0.5) is 0 Å². The first-order valence-corrected chi connectivity index (χ1v) is 7.09. The maximum absolute atomic E-state index is 12.3. The molecule has 0 aliphatic rings. The fourth-order valence-corrected chi connectivity index (χ4v) is 2.45. The highest BCUT2D eigenvalue weighted by Crippen LogP contribution is 2.23. The summed E-state index contributed by atoms with van der Waals surface area (Å²) in [6, 6.07) is 0. The summed E-state index contributed by atoms with van der Waals surface area (Å²) in [5.74, 6) is 0.451. The molecule has 0 fully saturated rings. The first-order valence-electron chi connectivity index (χ1n) is 6.71. The maximum Gasteiger partial charge on any atom is 0.141 e. The molecule has 4 heteroatoms. The number of hydrogen-bond donors (Lipinski definition) is 0. The van der Waals surface area contributed by atoms with Crippen molar-refractivity contribution in [3.63, 3.8) is 0 Å². The van der Waals surface area contributed by atoms with Gasteiger partial charge in [-0.3, -0.25) is 9.48 Å². The molecule has 0 bridgehead atoms. The second-order valence-corrected chi connectivity index (χ2v) is 5.24. The molecule has 1 aromatic heterocycles. The molecule has 3 nitrogen and oxygen atoms in total. The molecule has 102 valence electrons. The van der Waals surface area contributed by atoms with Crippen LogP contribution in [0.25, 0.3) is 0 Å². The van der Waals surface area contributed by atoms with Gasteiger partial charge in [0.15, 0.2) is 0 Å². The van der Waals surface area contributed by atoms with Crippen LogP contribution in [0.2, 0.25) is 5.02 Å². The van der Waals surface area contributed by atoms with E-state index >= 15 is 0 Å². The SMILES string of the molecule is CCCCC(CC)C(=O)Cc1c(Cl)c(C)nn1C. The standard InChI is InChI=1S/C14H23ClN2O/c1-5-7-8-11(6-2)13(18)9-12-14(15)10(3)16-17(12)4/h11H,5-9H2,1-4H3. The van der Waals surface area contributed by atoms with Crippen LogP contribution in [-0.4, -0.2) is 15.6 Å². The fourth-order valence-electron chi connectivity index (χ4n) is 2.22. The molecule has 0 aliphatic carbocycles. The van der Waals surface area contributed by atoms with E-state index in [2.05, 4.69) is 18.9 Å². The van der Waals surface area contributed by atoms with E-state index in [1.165, 1.54) is 0 Å². The van der Waals surface area contributed by atoms with Crippen molar-refractivity contribution >= 4 is 17.4 Å². The summed E-state index contributed by atoms with van der Waals surface area (Å²) in [5, 5.41) is 4.88. The molecule has 1 heterocycles. The summed E-state index contributed by atoms with van der Waals surface area (Å²) < 4.78 is 1.72. The van der Waals surface area contributed by atoms with Crippen LogP contribution in [-0.2, 0) is 18.3 Å². The predicted octanol–water partition coefficient (Wildman–Crippen LogP) is 3.71. The number of Topliss-reactive ketones (excluding diaryl/α,β-unsaturated/α-hetero) is 1. The molecule has 0 spiro atoms. The molecule has 0 aromatic carbocycles. The molecular formula is C14H23ClN2O. The van der Waals surface area contributed by atoms with Crippen LogP contribution < -0.4 is 0 Å². The van der Waals surface area contributed by atoms with Crippen molar-refractivity contribution in [1.29, 1.82) is 0 Å². The molecular weight excluding hydrogens is 248 g/mol. The van der Waals surface area contributed by atoms with Gasteiger partial charge in [0, 0.05) is 13.0 Å². The highest BCUT2D eigenvalue weighted by Gasteiger charge is 2.20. The highest BCUT2D eigenvalue weighted by atomic mass is 35.5. The minimum atomic E-state index is 0.163. The van der Waals surface area contributed by atoms with Crippen LogP contribution in [0.5, 0.6) is 0 Å². The monoisotopic (exact) mass is 270 g/mol. The topological polar surface area (TPSA) is 34.9 Å². The van der Waals surface area contributed by atoms with Crippen LogP contribution in [0, 0.1) is 12.8 Å². The zero-order valence-corrected chi connectivity index (χ0v) is 12.5.